The largest absolute Gasteiger partial charge is 0.497 e. The van der Waals surface area contributed by atoms with Crippen LogP contribution < -0.4 is 19.7 Å². The van der Waals surface area contributed by atoms with Gasteiger partial charge in [-0.05, 0) is 48.5 Å². The van der Waals surface area contributed by atoms with Crippen molar-refractivity contribution in [3.05, 3.63) is 94.8 Å². The molecule has 4 amide bonds. The van der Waals surface area contributed by atoms with Gasteiger partial charge in [-0.25, -0.2) is 18.9 Å². The number of nitrogens with zero attached hydrogens (tertiary/aromatic N) is 1. The van der Waals surface area contributed by atoms with Crippen LogP contribution in [0.3, 0.4) is 0 Å². The van der Waals surface area contributed by atoms with Gasteiger partial charge in [-0.3, -0.25) is 14.9 Å². The molecule has 0 aromatic heterocycles. The molecule has 10 heteroatoms. The summed E-state index contributed by atoms with van der Waals surface area (Å²) in [5.41, 5.74) is 0.656. The minimum Gasteiger partial charge on any atom is -0.497 e. The number of hydrogen-bond acceptors (Lipinski definition) is 7. The van der Waals surface area contributed by atoms with Gasteiger partial charge >= 0.3 is 12.0 Å². The highest BCUT2D eigenvalue weighted by atomic mass is 19.1. The van der Waals surface area contributed by atoms with E-state index in [1.54, 1.807) is 30.3 Å². The highest BCUT2D eigenvalue weighted by Crippen LogP contribution is 2.30. The number of anilines is 1. The van der Waals surface area contributed by atoms with E-state index >= 15 is 0 Å². The van der Waals surface area contributed by atoms with E-state index in [4.69, 9.17) is 9.47 Å². The summed E-state index contributed by atoms with van der Waals surface area (Å²) in [4.78, 5) is 50.8. The SMILES string of the molecule is COC(=O)c1ccc(N2C(=O)NC(=O)/C(=C\c3ccc(OC)cc3OCc3ccccc3F)C2=O)cc1. The van der Waals surface area contributed by atoms with Gasteiger partial charge in [0.1, 0.15) is 29.5 Å². The molecule has 1 saturated heterocycles. The second-order valence-electron chi connectivity index (χ2n) is 7.78. The fraction of sp³-hybridized carbons (Fsp3) is 0.111. The van der Waals surface area contributed by atoms with Crippen LogP contribution in [0.2, 0.25) is 0 Å². The summed E-state index contributed by atoms with van der Waals surface area (Å²) in [6.45, 7) is -0.118. The molecule has 1 N–H and O–H groups in total. The number of nitrogens with one attached hydrogen (secondary N) is 1. The number of amides is 4. The van der Waals surface area contributed by atoms with Gasteiger partial charge < -0.3 is 14.2 Å². The van der Waals surface area contributed by atoms with E-state index in [2.05, 4.69) is 10.1 Å². The summed E-state index contributed by atoms with van der Waals surface area (Å²) in [5.74, 6) is -2.14. The van der Waals surface area contributed by atoms with E-state index in [1.807, 2.05) is 0 Å². The number of imide groups is 2. The normalized spacial score (nSPS) is 14.4. The summed E-state index contributed by atoms with van der Waals surface area (Å²) < 4.78 is 29.8. The number of esters is 1. The summed E-state index contributed by atoms with van der Waals surface area (Å²) in [5, 5.41) is 2.14. The van der Waals surface area contributed by atoms with Crippen molar-refractivity contribution < 1.29 is 37.8 Å². The Morgan fingerprint density at radius 2 is 1.73 bits per heavy atom. The van der Waals surface area contributed by atoms with E-state index in [0.29, 0.717) is 16.9 Å². The van der Waals surface area contributed by atoms with E-state index in [-0.39, 0.29) is 29.2 Å². The van der Waals surface area contributed by atoms with Gasteiger partial charge in [-0.2, -0.15) is 0 Å². The van der Waals surface area contributed by atoms with Gasteiger partial charge in [-0.1, -0.05) is 18.2 Å². The first-order valence-corrected chi connectivity index (χ1v) is 11.0. The molecule has 0 spiro atoms. The molecular formula is C27H21FN2O7. The number of carbonyl (C=O) groups is 4. The third kappa shape index (κ3) is 5.32. The number of ether oxygens (including phenoxy) is 3. The molecule has 0 unspecified atom stereocenters. The van der Waals surface area contributed by atoms with Crippen molar-refractivity contribution in [2.75, 3.05) is 19.1 Å². The third-order valence-corrected chi connectivity index (χ3v) is 5.51. The summed E-state index contributed by atoms with van der Waals surface area (Å²) in [6.07, 6.45) is 1.27. The molecule has 3 aromatic carbocycles. The molecule has 37 heavy (non-hydrogen) atoms. The van der Waals surface area contributed by atoms with E-state index in [9.17, 15) is 23.6 Å². The summed E-state index contributed by atoms with van der Waals surface area (Å²) in [7, 11) is 2.69. The van der Waals surface area contributed by atoms with Crippen LogP contribution in [0.4, 0.5) is 14.9 Å². The summed E-state index contributed by atoms with van der Waals surface area (Å²) in [6, 6.07) is 15.4. The molecule has 0 radical (unpaired) electrons. The highest BCUT2D eigenvalue weighted by Gasteiger charge is 2.37. The maximum absolute atomic E-state index is 14.1. The Hall–Kier alpha value is -4.99. The van der Waals surface area contributed by atoms with Crippen molar-refractivity contribution in [3.8, 4) is 11.5 Å². The van der Waals surface area contributed by atoms with Crippen LogP contribution >= 0.6 is 0 Å². The number of benzene rings is 3. The van der Waals surface area contributed by atoms with Crippen molar-refractivity contribution in [1.82, 2.24) is 5.32 Å². The van der Waals surface area contributed by atoms with Crippen molar-refractivity contribution in [1.29, 1.82) is 0 Å². The number of methoxy groups -OCH3 is 2. The lowest BCUT2D eigenvalue weighted by molar-refractivity contribution is -0.122. The lowest BCUT2D eigenvalue weighted by Gasteiger charge is -2.26. The van der Waals surface area contributed by atoms with Gasteiger partial charge in [0.05, 0.1) is 25.5 Å². The molecule has 0 atom stereocenters. The van der Waals surface area contributed by atoms with E-state index < -0.39 is 29.6 Å². The van der Waals surface area contributed by atoms with Crippen molar-refractivity contribution in [3.63, 3.8) is 0 Å². The smallest absolute Gasteiger partial charge is 0.337 e. The van der Waals surface area contributed by atoms with Crippen LogP contribution in [0.25, 0.3) is 6.08 Å². The van der Waals surface area contributed by atoms with Crippen molar-refractivity contribution in [2.45, 2.75) is 6.61 Å². The lowest BCUT2D eigenvalue weighted by atomic mass is 10.1. The predicted molar refractivity (Wildman–Crippen MR) is 131 cm³/mol. The molecule has 9 nitrogen and oxygen atoms in total. The minimum absolute atomic E-state index is 0.118. The Morgan fingerprint density at radius 1 is 1.00 bits per heavy atom. The van der Waals surface area contributed by atoms with Crippen molar-refractivity contribution >= 4 is 35.6 Å². The first-order valence-electron chi connectivity index (χ1n) is 11.0. The first-order chi connectivity index (χ1) is 17.8. The number of halogens is 1. The average molecular weight is 504 g/mol. The second kappa shape index (κ2) is 10.7. The Kier molecular flexibility index (Phi) is 7.28. The molecule has 188 valence electrons. The molecule has 0 bridgehead atoms. The van der Waals surface area contributed by atoms with Gasteiger partial charge in [0.15, 0.2) is 0 Å². The zero-order valence-corrected chi connectivity index (χ0v) is 19.8. The topological polar surface area (TPSA) is 111 Å². The zero-order chi connectivity index (χ0) is 26.5. The van der Waals surface area contributed by atoms with Crippen LogP contribution in [0.15, 0.2) is 72.3 Å². The lowest BCUT2D eigenvalue weighted by Crippen LogP contribution is -2.54. The van der Waals surface area contributed by atoms with Gasteiger partial charge in [0.2, 0.25) is 0 Å². The quantitative estimate of drug-likeness (QED) is 0.295. The number of urea groups is 1. The summed E-state index contributed by atoms with van der Waals surface area (Å²) >= 11 is 0. The molecule has 3 aromatic rings. The van der Waals surface area contributed by atoms with Crippen LogP contribution in [0.5, 0.6) is 11.5 Å². The zero-order valence-electron chi connectivity index (χ0n) is 19.8. The fourth-order valence-electron chi connectivity index (χ4n) is 3.57. The number of barbiturate groups is 1. The monoisotopic (exact) mass is 504 g/mol. The van der Waals surface area contributed by atoms with Crippen molar-refractivity contribution in [2.24, 2.45) is 0 Å². The molecule has 1 heterocycles. The minimum atomic E-state index is -0.941. The molecule has 1 aliphatic rings. The molecule has 4 rings (SSSR count). The molecular weight excluding hydrogens is 483 g/mol. The Labute approximate surface area is 211 Å². The van der Waals surface area contributed by atoms with Gasteiger partial charge in [0.25, 0.3) is 11.8 Å². The Morgan fingerprint density at radius 3 is 2.41 bits per heavy atom. The van der Waals surface area contributed by atoms with E-state index in [0.717, 1.165) is 4.90 Å². The van der Waals surface area contributed by atoms with Gasteiger partial charge in [0, 0.05) is 17.2 Å². The molecule has 0 aliphatic carbocycles. The van der Waals surface area contributed by atoms with Gasteiger partial charge in [-0.15, -0.1) is 0 Å². The number of hydrogen-bond donors (Lipinski definition) is 1. The predicted octanol–water partition coefficient (Wildman–Crippen LogP) is 3.87. The van der Waals surface area contributed by atoms with Crippen LogP contribution in [0.1, 0.15) is 21.5 Å². The fourth-order valence-corrected chi connectivity index (χ4v) is 3.57. The molecule has 1 fully saturated rings. The number of carbonyl (C=O) groups excluding carboxylic acids is 4. The number of rotatable bonds is 7. The maximum atomic E-state index is 14.1. The third-order valence-electron chi connectivity index (χ3n) is 5.51. The second-order valence-corrected chi connectivity index (χ2v) is 7.78. The Balaban J connectivity index is 1.67. The maximum Gasteiger partial charge on any atom is 0.337 e. The standard InChI is InChI=1S/C27H21FN2O7/c1-35-20-12-9-17(23(14-20)37-15-18-5-3-4-6-22(18)28)13-21-24(31)29-27(34)30(25(21)32)19-10-7-16(8-11-19)26(33)36-2/h3-14H,15H2,1-2H3,(H,29,31,34)/b21-13+. The highest BCUT2D eigenvalue weighted by molar-refractivity contribution is 6.39. The average Bonchev–Trinajstić information content (AvgIpc) is 2.90. The van der Waals surface area contributed by atoms with E-state index in [1.165, 1.54) is 56.7 Å². The molecule has 1 aliphatic heterocycles. The Bertz CT molecular complexity index is 1420. The first kappa shape index (κ1) is 25.1. The van der Waals surface area contributed by atoms with Crippen LogP contribution in [0, 0.1) is 5.82 Å². The van der Waals surface area contributed by atoms with Crippen LogP contribution in [-0.2, 0) is 20.9 Å². The van der Waals surface area contributed by atoms with Crippen LogP contribution in [-0.4, -0.2) is 38.0 Å². The molecule has 0 saturated carbocycles.